The first-order valence-corrected chi connectivity index (χ1v) is 13.4. The number of nitrogens with zero attached hydrogens (tertiary/aromatic N) is 1. The first kappa shape index (κ1) is 25.3. The lowest BCUT2D eigenvalue weighted by atomic mass is 10.2. The van der Waals surface area contributed by atoms with Crippen molar-refractivity contribution in [1.29, 1.82) is 0 Å². The highest BCUT2D eigenvalue weighted by Crippen LogP contribution is 2.38. The van der Waals surface area contributed by atoms with Crippen LogP contribution >= 0.6 is 23.1 Å². The molecular formula is C29H23N3O4S2. The van der Waals surface area contributed by atoms with Gasteiger partial charge < -0.3 is 15.4 Å². The standard InChI is InChI=1S/C29H23N3O4S2/c1-18-5-7-19(8-6-18)30-25-26(29(35)32(28(25)34)21-11-13-22(36-2)14-12-21)38-23-15-9-20(10-16-23)31-27(33)24-4-3-17-37-24/h3-17,30H,1-2H3,(H,31,33). The van der Waals surface area contributed by atoms with E-state index in [0.29, 0.717) is 27.7 Å². The number of hydrogen-bond acceptors (Lipinski definition) is 7. The molecule has 38 heavy (non-hydrogen) atoms. The lowest BCUT2D eigenvalue weighted by Gasteiger charge is -2.15. The number of rotatable bonds is 8. The number of thioether (sulfide) groups is 1. The summed E-state index contributed by atoms with van der Waals surface area (Å²) in [4.78, 5) is 42.3. The minimum atomic E-state index is -0.442. The average Bonchev–Trinajstić information content (AvgIpc) is 3.55. The van der Waals surface area contributed by atoms with E-state index in [1.54, 1.807) is 61.7 Å². The molecule has 0 saturated carbocycles. The monoisotopic (exact) mass is 541 g/mol. The second kappa shape index (κ2) is 11.0. The predicted molar refractivity (Wildman–Crippen MR) is 152 cm³/mol. The van der Waals surface area contributed by atoms with Gasteiger partial charge in [0, 0.05) is 16.3 Å². The van der Waals surface area contributed by atoms with Crippen LogP contribution in [0.25, 0.3) is 0 Å². The second-order valence-corrected chi connectivity index (χ2v) is 10.4. The third kappa shape index (κ3) is 5.34. The molecule has 9 heteroatoms. The number of hydrogen-bond donors (Lipinski definition) is 2. The molecule has 4 aromatic rings. The van der Waals surface area contributed by atoms with Gasteiger partial charge in [0.05, 0.1) is 17.7 Å². The SMILES string of the molecule is COc1ccc(N2C(=O)C(Nc3ccc(C)cc3)=C(Sc3ccc(NC(=O)c4cccs4)cc3)C2=O)cc1. The van der Waals surface area contributed by atoms with E-state index in [1.807, 2.05) is 42.6 Å². The number of aryl methyl sites for hydroxylation is 1. The Morgan fingerprint density at radius 2 is 1.55 bits per heavy atom. The number of nitrogens with one attached hydrogen (secondary N) is 2. The van der Waals surface area contributed by atoms with Crippen LogP contribution in [0.3, 0.4) is 0 Å². The van der Waals surface area contributed by atoms with E-state index < -0.39 is 11.8 Å². The van der Waals surface area contributed by atoms with Gasteiger partial charge in [0.25, 0.3) is 17.7 Å². The Balaban J connectivity index is 1.42. The molecular weight excluding hydrogens is 518 g/mol. The van der Waals surface area contributed by atoms with Crippen LogP contribution in [0.4, 0.5) is 17.1 Å². The minimum Gasteiger partial charge on any atom is -0.497 e. The third-order valence-corrected chi connectivity index (χ3v) is 7.73. The van der Waals surface area contributed by atoms with E-state index in [4.69, 9.17) is 4.74 Å². The Labute approximate surface area is 228 Å². The van der Waals surface area contributed by atoms with Crippen LogP contribution in [0.15, 0.2) is 106 Å². The summed E-state index contributed by atoms with van der Waals surface area (Å²) < 4.78 is 5.21. The van der Waals surface area contributed by atoms with Gasteiger partial charge in [0.1, 0.15) is 16.4 Å². The highest BCUT2D eigenvalue weighted by molar-refractivity contribution is 8.04. The van der Waals surface area contributed by atoms with Gasteiger partial charge in [-0.15, -0.1) is 11.3 Å². The maximum Gasteiger partial charge on any atom is 0.283 e. The molecule has 2 heterocycles. The Kier molecular flexibility index (Phi) is 7.30. The summed E-state index contributed by atoms with van der Waals surface area (Å²) >= 11 is 2.56. The summed E-state index contributed by atoms with van der Waals surface area (Å²) in [6.45, 7) is 1.98. The van der Waals surface area contributed by atoms with Crippen molar-refractivity contribution < 1.29 is 19.1 Å². The van der Waals surface area contributed by atoms with Gasteiger partial charge in [-0.05, 0) is 79.0 Å². The van der Waals surface area contributed by atoms with Crippen molar-refractivity contribution in [2.75, 3.05) is 22.6 Å². The summed E-state index contributed by atoms with van der Waals surface area (Å²) in [6.07, 6.45) is 0. The van der Waals surface area contributed by atoms with Crippen molar-refractivity contribution in [2.24, 2.45) is 0 Å². The highest BCUT2D eigenvalue weighted by atomic mass is 32.2. The lowest BCUT2D eigenvalue weighted by Crippen LogP contribution is -2.32. The number of carbonyl (C=O) groups is 3. The van der Waals surface area contributed by atoms with Crippen LogP contribution in [0.5, 0.6) is 5.75 Å². The van der Waals surface area contributed by atoms with Crippen molar-refractivity contribution >= 4 is 57.9 Å². The van der Waals surface area contributed by atoms with Crippen LogP contribution in [-0.4, -0.2) is 24.8 Å². The number of benzene rings is 3. The van der Waals surface area contributed by atoms with E-state index >= 15 is 0 Å². The molecule has 3 amide bonds. The van der Waals surface area contributed by atoms with Crippen molar-refractivity contribution in [1.82, 2.24) is 0 Å². The molecule has 190 valence electrons. The maximum atomic E-state index is 13.6. The number of imide groups is 1. The Bertz CT molecular complexity index is 1510. The summed E-state index contributed by atoms with van der Waals surface area (Å²) in [5.41, 5.74) is 3.07. The van der Waals surface area contributed by atoms with Gasteiger partial charge in [0.15, 0.2) is 0 Å². The van der Waals surface area contributed by atoms with Crippen LogP contribution in [0.1, 0.15) is 15.2 Å². The molecule has 0 atom stereocenters. The molecule has 3 aromatic carbocycles. The van der Waals surface area contributed by atoms with Crippen molar-refractivity contribution in [3.05, 3.63) is 111 Å². The molecule has 0 fully saturated rings. The van der Waals surface area contributed by atoms with Crippen LogP contribution in [0, 0.1) is 6.92 Å². The van der Waals surface area contributed by atoms with Gasteiger partial charge in [-0.25, -0.2) is 4.90 Å². The Morgan fingerprint density at radius 3 is 2.18 bits per heavy atom. The van der Waals surface area contributed by atoms with Gasteiger partial charge in [-0.1, -0.05) is 35.5 Å². The Morgan fingerprint density at radius 1 is 0.868 bits per heavy atom. The topological polar surface area (TPSA) is 87.7 Å². The molecule has 0 bridgehead atoms. The first-order valence-electron chi connectivity index (χ1n) is 11.7. The number of ether oxygens (including phenoxy) is 1. The molecule has 0 unspecified atom stereocenters. The number of anilines is 3. The fraction of sp³-hybridized carbons (Fsp3) is 0.0690. The van der Waals surface area contributed by atoms with Crippen molar-refractivity contribution in [3.63, 3.8) is 0 Å². The normalized spacial score (nSPS) is 13.2. The molecule has 1 aromatic heterocycles. The van der Waals surface area contributed by atoms with Crippen molar-refractivity contribution in [3.8, 4) is 5.75 Å². The molecule has 2 N–H and O–H groups in total. The molecule has 1 aliphatic rings. The van der Waals surface area contributed by atoms with Crippen LogP contribution < -0.4 is 20.3 Å². The molecule has 7 nitrogen and oxygen atoms in total. The van der Waals surface area contributed by atoms with E-state index in [2.05, 4.69) is 10.6 Å². The highest BCUT2D eigenvalue weighted by Gasteiger charge is 2.40. The summed E-state index contributed by atoms with van der Waals surface area (Å²) in [5.74, 6) is -0.419. The van der Waals surface area contributed by atoms with E-state index in [1.165, 1.54) is 23.1 Å². The van der Waals surface area contributed by atoms with Crippen LogP contribution in [0.2, 0.25) is 0 Å². The Hall–Kier alpha value is -4.34. The number of amides is 3. The average molecular weight is 542 g/mol. The predicted octanol–water partition coefficient (Wildman–Crippen LogP) is 6.31. The number of carbonyl (C=O) groups excluding carboxylic acids is 3. The van der Waals surface area contributed by atoms with Gasteiger partial charge >= 0.3 is 0 Å². The summed E-state index contributed by atoms with van der Waals surface area (Å²) in [7, 11) is 1.56. The van der Waals surface area contributed by atoms with Gasteiger partial charge in [0.2, 0.25) is 0 Å². The van der Waals surface area contributed by atoms with E-state index in [9.17, 15) is 14.4 Å². The fourth-order valence-electron chi connectivity index (χ4n) is 3.79. The zero-order valence-corrected chi connectivity index (χ0v) is 22.2. The molecule has 5 rings (SSSR count). The number of methoxy groups -OCH3 is 1. The fourth-order valence-corrected chi connectivity index (χ4v) is 5.33. The number of thiophene rings is 1. The van der Waals surface area contributed by atoms with Crippen molar-refractivity contribution in [2.45, 2.75) is 11.8 Å². The molecule has 1 aliphatic heterocycles. The quantitative estimate of drug-likeness (QED) is 0.254. The van der Waals surface area contributed by atoms with Gasteiger partial charge in [-0.2, -0.15) is 0 Å². The summed E-state index contributed by atoms with van der Waals surface area (Å²) in [6, 6.07) is 25.1. The first-order chi connectivity index (χ1) is 18.4. The molecule has 0 saturated heterocycles. The zero-order valence-electron chi connectivity index (χ0n) is 20.6. The van der Waals surface area contributed by atoms with Gasteiger partial charge in [-0.3, -0.25) is 14.4 Å². The smallest absolute Gasteiger partial charge is 0.283 e. The lowest BCUT2D eigenvalue weighted by molar-refractivity contribution is -0.120. The summed E-state index contributed by atoms with van der Waals surface area (Å²) in [5, 5.41) is 7.87. The molecule has 0 spiro atoms. The second-order valence-electron chi connectivity index (χ2n) is 8.40. The largest absolute Gasteiger partial charge is 0.497 e. The van der Waals surface area contributed by atoms with E-state index in [0.717, 1.165) is 15.4 Å². The third-order valence-electron chi connectivity index (χ3n) is 5.77. The zero-order chi connectivity index (χ0) is 26.6. The van der Waals surface area contributed by atoms with E-state index in [-0.39, 0.29) is 16.5 Å². The molecule has 0 radical (unpaired) electrons. The minimum absolute atomic E-state index is 0.181. The molecule has 0 aliphatic carbocycles. The maximum absolute atomic E-state index is 13.6. The van der Waals surface area contributed by atoms with Crippen LogP contribution in [-0.2, 0) is 9.59 Å².